The summed E-state index contributed by atoms with van der Waals surface area (Å²) in [6, 6.07) is 22.4. The van der Waals surface area contributed by atoms with Crippen molar-refractivity contribution in [2.45, 2.75) is 17.5 Å². The molecule has 33 heavy (non-hydrogen) atoms. The number of benzene rings is 3. The standard InChI is InChI=1S/C25H18F2N4OS/c26-19-13-17-7-6-12-28-24(17)18(14-19)16-33-25-30-29-23(31(25)20-8-2-1-3-9-20)15-32-22-11-5-4-10-21(22)27/h1-14H,15-16H2. The first-order valence-electron chi connectivity index (χ1n) is 10.2. The SMILES string of the molecule is Fc1cc(CSc2nnc(COc3ccccc3F)n2-c2ccccc2)c2ncccc2c1. The Bertz CT molecular complexity index is 1410. The number of nitrogens with zero attached hydrogens (tertiary/aromatic N) is 4. The highest BCUT2D eigenvalue weighted by Gasteiger charge is 2.17. The molecular formula is C25H18F2N4OS. The second kappa shape index (κ2) is 9.38. The third-order valence-electron chi connectivity index (χ3n) is 5.01. The van der Waals surface area contributed by atoms with E-state index in [0.29, 0.717) is 16.7 Å². The Labute approximate surface area is 193 Å². The Morgan fingerprint density at radius 3 is 2.55 bits per heavy atom. The lowest BCUT2D eigenvalue weighted by atomic mass is 10.1. The fourth-order valence-electron chi connectivity index (χ4n) is 3.51. The molecule has 0 fully saturated rings. The van der Waals surface area contributed by atoms with Gasteiger partial charge in [0.15, 0.2) is 22.5 Å². The van der Waals surface area contributed by atoms with Crippen LogP contribution >= 0.6 is 11.8 Å². The molecule has 0 bridgehead atoms. The van der Waals surface area contributed by atoms with Crippen LogP contribution in [-0.2, 0) is 12.4 Å². The maximum Gasteiger partial charge on any atom is 0.196 e. The van der Waals surface area contributed by atoms with Gasteiger partial charge in [-0.1, -0.05) is 48.2 Å². The number of para-hydroxylation sites is 2. The molecular weight excluding hydrogens is 442 g/mol. The minimum atomic E-state index is -0.441. The first-order valence-corrected chi connectivity index (χ1v) is 11.2. The zero-order valence-electron chi connectivity index (χ0n) is 17.4. The van der Waals surface area contributed by atoms with Crippen LogP contribution < -0.4 is 4.74 Å². The first-order chi connectivity index (χ1) is 16.2. The van der Waals surface area contributed by atoms with E-state index in [1.807, 2.05) is 41.0 Å². The van der Waals surface area contributed by atoms with Gasteiger partial charge in [-0.3, -0.25) is 9.55 Å². The molecule has 0 aliphatic carbocycles. The molecule has 0 unspecified atom stereocenters. The average Bonchev–Trinajstić information content (AvgIpc) is 3.25. The zero-order chi connectivity index (χ0) is 22.6. The van der Waals surface area contributed by atoms with Gasteiger partial charge in [-0.15, -0.1) is 10.2 Å². The normalized spacial score (nSPS) is 11.1. The average molecular weight is 461 g/mol. The van der Waals surface area contributed by atoms with Gasteiger partial charge in [0, 0.05) is 23.0 Å². The fourth-order valence-corrected chi connectivity index (χ4v) is 4.45. The quantitative estimate of drug-likeness (QED) is 0.280. The molecule has 2 aromatic heterocycles. The van der Waals surface area contributed by atoms with Gasteiger partial charge in [0.2, 0.25) is 0 Å². The van der Waals surface area contributed by atoms with E-state index in [1.54, 1.807) is 30.5 Å². The Morgan fingerprint density at radius 1 is 0.879 bits per heavy atom. The van der Waals surface area contributed by atoms with E-state index in [4.69, 9.17) is 4.74 Å². The van der Waals surface area contributed by atoms with E-state index in [0.717, 1.165) is 22.2 Å². The largest absolute Gasteiger partial charge is 0.483 e. The number of halogens is 2. The van der Waals surface area contributed by atoms with Gasteiger partial charge >= 0.3 is 0 Å². The van der Waals surface area contributed by atoms with Gasteiger partial charge in [-0.25, -0.2) is 8.78 Å². The number of thioether (sulfide) groups is 1. The molecule has 5 rings (SSSR count). The summed E-state index contributed by atoms with van der Waals surface area (Å²) in [4.78, 5) is 4.41. The molecule has 0 saturated carbocycles. The van der Waals surface area contributed by atoms with E-state index in [2.05, 4.69) is 15.2 Å². The van der Waals surface area contributed by atoms with Crippen LogP contribution in [0.2, 0.25) is 0 Å². The number of aromatic nitrogens is 4. The molecule has 8 heteroatoms. The number of ether oxygens (including phenoxy) is 1. The van der Waals surface area contributed by atoms with Crippen LogP contribution in [0.5, 0.6) is 5.75 Å². The molecule has 0 amide bonds. The number of hydrogen-bond acceptors (Lipinski definition) is 5. The number of hydrogen-bond donors (Lipinski definition) is 0. The molecule has 2 heterocycles. The van der Waals surface area contributed by atoms with Crippen LogP contribution in [0, 0.1) is 11.6 Å². The Balaban J connectivity index is 1.45. The van der Waals surface area contributed by atoms with E-state index >= 15 is 0 Å². The second-order valence-electron chi connectivity index (χ2n) is 7.22. The smallest absolute Gasteiger partial charge is 0.196 e. The Kier molecular flexibility index (Phi) is 5.99. The van der Waals surface area contributed by atoms with Crippen molar-refractivity contribution in [3.8, 4) is 11.4 Å². The lowest BCUT2D eigenvalue weighted by Gasteiger charge is -2.12. The van der Waals surface area contributed by atoms with Crippen molar-refractivity contribution < 1.29 is 13.5 Å². The highest BCUT2D eigenvalue weighted by Crippen LogP contribution is 2.29. The summed E-state index contributed by atoms with van der Waals surface area (Å²) in [5, 5.41) is 9.98. The lowest BCUT2D eigenvalue weighted by Crippen LogP contribution is -2.07. The Morgan fingerprint density at radius 2 is 1.70 bits per heavy atom. The summed E-state index contributed by atoms with van der Waals surface area (Å²) < 4.78 is 35.7. The lowest BCUT2D eigenvalue weighted by molar-refractivity contribution is 0.278. The molecule has 5 aromatic rings. The fraction of sp³-hybridized carbons (Fsp3) is 0.0800. The Hall–Kier alpha value is -3.78. The third kappa shape index (κ3) is 4.56. The van der Waals surface area contributed by atoms with Crippen LogP contribution in [0.1, 0.15) is 11.4 Å². The van der Waals surface area contributed by atoms with Crippen molar-refractivity contribution >= 4 is 22.7 Å². The summed E-state index contributed by atoms with van der Waals surface area (Å²) in [6.45, 7) is 0.0356. The monoisotopic (exact) mass is 460 g/mol. The number of pyridine rings is 1. The van der Waals surface area contributed by atoms with Crippen molar-refractivity contribution in [1.82, 2.24) is 19.7 Å². The van der Waals surface area contributed by atoms with E-state index in [1.165, 1.54) is 30.0 Å². The predicted molar refractivity (Wildman–Crippen MR) is 123 cm³/mol. The van der Waals surface area contributed by atoms with E-state index < -0.39 is 5.82 Å². The minimum absolute atomic E-state index is 0.0356. The number of rotatable bonds is 7. The molecule has 0 aliphatic heterocycles. The summed E-state index contributed by atoms with van der Waals surface area (Å²) in [7, 11) is 0. The van der Waals surface area contributed by atoms with Gasteiger partial charge in [0.1, 0.15) is 12.4 Å². The predicted octanol–water partition coefficient (Wildman–Crippen LogP) is 5.97. The van der Waals surface area contributed by atoms with Crippen LogP contribution in [0.3, 0.4) is 0 Å². The van der Waals surface area contributed by atoms with Gasteiger partial charge in [0.25, 0.3) is 0 Å². The summed E-state index contributed by atoms with van der Waals surface area (Å²) >= 11 is 1.42. The minimum Gasteiger partial charge on any atom is -0.483 e. The summed E-state index contributed by atoms with van der Waals surface area (Å²) in [5.74, 6) is 0.364. The topological polar surface area (TPSA) is 52.8 Å². The van der Waals surface area contributed by atoms with Crippen LogP contribution in [-0.4, -0.2) is 19.7 Å². The maximum absolute atomic E-state index is 14.1. The molecule has 0 spiro atoms. The van der Waals surface area contributed by atoms with Crippen LogP contribution in [0.25, 0.3) is 16.6 Å². The molecule has 0 saturated heterocycles. The highest BCUT2D eigenvalue weighted by atomic mass is 32.2. The van der Waals surface area contributed by atoms with Crippen molar-refractivity contribution in [2.75, 3.05) is 0 Å². The molecule has 0 aliphatic rings. The van der Waals surface area contributed by atoms with E-state index in [9.17, 15) is 8.78 Å². The van der Waals surface area contributed by atoms with Gasteiger partial charge in [-0.2, -0.15) is 0 Å². The van der Waals surface area contributed by atoms with Crippen LogP contribution in [0.15, 0.2) is 90.2 Å². The molecule has 164 valence electrons. The molecule has 0 atom stereocenters. The summed E-state index contributed by atoms with van der Waals surface area (Å²) in [5.41, 5.74) is 2.36. The van der Waals surface area contributed by atoms with Crippen molar-refractivity contribution in [2.24, 2.45) is 0 Å². The van der Waals surface area contributed by atoms with Gasteiger partial charge in [0.05, 0.1) is 5.52 Å². The zero-order valence-corrected chi connectivity index (χ0v) is 18.2. The van der Waals surface area contributed by atoms with Crippen molar-refractivity contribution in [3.63, 3.8) is 0 Å². The molecule has 3 aromatic carbocycles. The molecule has 0 N–H and O–H groups in total. The third-order valence-corrected chi connectivity index (χ3v) is 5.99. The van der Waals surface area contributed by atoms with Crippen molar-refractivity contribution in [1.29, 1.82) is 0 Å². The molecule has 5 nitrogen and oxygen atoms in total. The summed E-state index contributed by atoms with van der Waals surface area (Å²) in [6.07, 6.45) is 1.69. The molecule has 0 radical (unpaired) electrons. The number of fused-ring (bicyclic) bond motifs is 1. The maximum atomic E-state index is 14.1. The van der Waals surface area contributed by atoms with Crippen LogP contribution in [0.4, 0.5) is 8.78 Å². The first kappa shape index (κ1) is 21.1. The van der Waals surface area contributed by atoms with Gasteiger partial charge < -0.3 is 4.74 Å². The van der Waals surface area contributed by atoms with Crippen molar-refractivity contribution in [3.05, 3.63) is 108 Å². The second-order valence-corrected chi connectivity index (χ2v) is 8.16. The van der Waals surface area contributed by atoms with Gasteiger partial charge in [-0.05, 0) is 48.0 Å². The highest BCUT2D eigenvalue weighted by molar-refractivity contribution is 7.98. The van der Waals surface area contributed by atoms with E-state index in [-0.39, 0.29) is 18.2 Å².